The van der Waals surface area contributed by atoms with Gasteiger partial charge in [0.25, 0.3) is 0 Å². The van der Waals surface area contributed by atoms with E-state index in [4.69, 9.17) is 4.74 Å². The summed E-state index contributed by atoms with van der Waals surface area (Å²) < 4.78 is 5.11. The largest absolute Gasteiger partial charge is 0.374 e. The van der Waals surface area contributed by atoms with E-state index in [1.807, 2.05) is 7.05 Å². The Bertz CT molecular complexity index is 115. The SMILES string of the molecule is CNCCCCCOCC(C)=O. The molecule has 0 fully saturated rings. The van der Waals surface area contributed by atoms with Crippen LogP contribution in [0.4, 0.5) is 0 Å². The molecule has 72 valence electrons. The molecule has 0 spiro atoms. The standard InChI is InChI=1S/C9H19NO2/c1-9(11)8-12-7-5-3-4-6-10-2/h10H,3-8H2,1-2H3. The Balaban J connectivity index is 2.86. The van der Waals surface area contributed by atoms with Gasteiger partial charge in [-0.05, 0) is 39.8 Å². The van der Waals surface area contributed by atoms with E-state index in [0.29, 0.717) is 6.61 Å². The average molecular weight is 173 g/mol. The van der Waals surface area contributed by atoms with Crippen LogP contribution < -0.4 is 5.32 Å². The van der Waals surface area contributed by atoms with Crippen LogP contribution in [0.5, 0.6) is 0 Å². The van der Waals surface area contributed by atoms with Gasteiger partial charge in [0.1, 0.15) is 6.61 Å². The topological polar surface area (TPSA) is 38.3 Å². The Morgan fingerprint density at radius 1 is 1.33 bits per heavy atom. The van der Waals surface area contributed by atoms with Gasteiger partial charge in [0.2, 0.25) is 0 Å². The Morgan fingerprint density at radius 3 is 2.67 bits per heavy atom. The Morgan fingerprint density at radius 2 is 2.08 bits per heavy atom. The van der Waals surface area contributed by atoms with Crippen LogP contribution in [0.25, 0.3) is 0 Å². The first-order chi connectivity index (χ1) is 5.77. The van der Waals surface area contributed by atoms with Gasteiger partial charge in [-0.3, -0.25) is 4.79 Å². The van der Waals surface area contributed by atoms with Gasteiger partial charge in [0.05, 0.1) is 0 Å². The first kappa shape index (κ1) is 11.6. The zero-order valence-corrected chi connectivity index (χ0v) is 8.06. The second-order valence-corrected chi connectivity index (χ2v) is 2.92. The van der Waals surface area contributed by atoms with Gasteiger partial charge in [-0.1, -0.05) is 0 Å². The summed E-state index contributed by atoms with van der Waals surface area (Å²) in [6.07, 6.45) is 3.40. The number of hydrogen-bond donors (Lipinski definition) is 1. The Kier molecular flexibility index (Phi) is 8.39. The zero-order valence-electron chi connectivity index (χ0n) is 8.06. The van der Waals surface area contributed by atoms with E-state index in [2.05, 4.69) is 5.32 Å². The third kappa shape index (κ3) is 9.59. The molecular weight excluding hydrogens is 154 g/mol. The summed E-state index contributed by atoms with van der Waals surface area (Å²) in [5.74, 6) is 0.102. The van der Waals surface area contributed by atoms with Crippen molar-refractivity contribution in [3.05, 3.63) is 0 Å². The fourth-order valence-electron chi connectivity index (χ4n) is 0.899. The number of carbonyl (C=O) groups is 1. The van der Waals surface area contributed by atoms with Crippen molar-refractivity contribution in [1.29, 1.82) is 0 Å². The van der Waals surface area contributed by atoms with Crippen molar-refractivity contribution in [1.82, 2.24) is 5.32 Å². The fourth-order valence-corrected chi connectivity index (χ4v) is 0.899. The van der Waals surface area contributed by atoms with Crippen molar-refractivity contribution >= 4 is 5.78 Å². The highest BCUT2D eigenvalue weighted by atomic mass is 16.5. The van der Waals surface area contributed by atoms with Crippen LogP contribution in [0.1, 0.15) is 26.2 Å². The van der Waals surface area contributed by atoms with E-state index in [9.17, 15) is 4.79 Å². The number of ketones is 1. The fraction of sp³-hybridized carbons (Fsp3) is 0.889. The number of unbranched alkanes of at least 4 members (excludes halogenated alkanes) is 2. The van der Waals surface area contributed by atoms with Gasteiger partial charge >= 0.3 is 0 Å². The molecule has 0 unspecified atom stereocenters. The number of carbonyl (C=O) groups excluding carboxylic acids is 1. The van der Waals surface area contributed by atoms with Gasteiger partial charge < -0.3 is 10.1 Å². The van der Waals surface area contributed by atoms with Crippen molar-refractivity contribution in [3.63, 3.8) is 0 Å². The van der Waals surface area contributed by atoms with Gasteiger partial charge in [0.15, 0.2) is 5.78 Å². The molecule has 0 aliphatic carbocycles. The molecular formula is C9H19NO2. The maximum absolute atomic E-state index is 10.4. The maximum atomic E-state index is 10.4. The molecule has 0 heterocycles. The van der Waals surface area contributed by atoms with Crippen LogP contribution in [0.2, 0.25) is 0 Å². The minimum atomic E-state index is 0.102. The molecule has 0 saturated carbocycles. The molecule has 0 aliphatic rings. The quantitative estimate of drug-likeness (QED) is 0.556. The molecule has 0 amide bonds. The van der Waals surface area contributed by atoms with Gasteiger partial charge in [-0.25, -0.2) is 0 Å². The van der Waals surface area contributed by atoms with Crippen molar-refractivity contribution in [2.75, 3.05) is 26.8 Å². The van der Waals surface area contributed by atoms with Gasteiger partial charge in [0, 0.05) is 6.61 Å². The van der Waals surface area contributed by atoms with Crippen molar-refractivity contribution in [2.24, 2.45) is 0 Å². The zero-order chi connectivity index (χ0) is 9.23. The molecule has 0 aliphatic heterocycles. The van der Waals surface area contributed by atoms with Crippen LogP contribution in [0.3, 0.4) is 0 Å². The number of nitrogens with one attached hydrogen (secondary N) is 1. The first-order valence-electron chi connectivity index (χ1n) is 4.49. The van der Waals surface area contributed by atoms with E-state index in [-0.39, 0.29) is 12.4 Å². The van der Waals surface area contributed by atoms with Gasteiger partial charge in [-0.15, -0.1) is 0 Å². The summed E-state index contributed by atoms with van der Waals surface area (Å²) in [5, 5.41) is 3.08. The molecule has 12 heavy (non-hydrogen) atoms. The lowest BCUT2D eigenvalue weighted by Crippen LogP contribution is -2.08. The number of Topliss-reactive ketones (excluding diaryl/α,β-unsaturated/α-hetero) is 1. The second kappa shape index (κ2) is 8.68. The molecule has 0 bridgehead atoms. The lowest BCUT2D eigenvalue weighted by Gasteiger charge is -2.01. The lowest BCUT2D eigenvalue weighted by molar-refractivity contribution is -0.121. The predicted molar refractivity (Wildman–Crippen MR) is 49.3 cm³/mol. The van der Waals surface area contributed by atoms with Crippen LogP contribution in [0.15, 0.2) is 0 Å². The smallest absolute Gasteiger partial charge is 0.155 e. The number of ether oxygens (including phenoxy) is 1. The van der Waals surface area contributed by atoms with Crippen LogP contribution in [0, 0.1) is 0 Å². The summed E-state index contributed by atoms with van der Waals surface area (Å²) in [7, 11) is 1.95. The summed E-state index contributed by atoms with van der Waals surface area (Å²) in [6.45, 7) is 3.59. The van der Waals surface area contributed by atoms with Crippen molar-refractivity contribution in [2.45, 2.75) is 26.2 Å². The third-order valence-corrected chi connectivity index (χ3v) is 1.52. The number of rotatable bonds is 8. The summed E-state index contributed by atoms with van der Waals surface area (Å²) in [4.78, 5) is 10.4. The van der Waals surface area contributed by atoms with E-state index in [0.717, 1.165) is 13.0 Å². The molecule has 0 aromatic rings. The maximum Gasteiger partial charge on any atom is 0.155 e. The minimum Gasteiger partial charge on any atom is -0.374 e. The van der Waals surface area contributed by atoms with Crippen LogP contribution in [-0.2, 0) is 9.53 Å². The van der Waals surface area contributed by atoms with Gasteiger partial charge in [-0.2, -0.15) is 0 Å². The van der Waals surface area contributed by atoms with Crippen molar-refractivity contribution in [3.8, 4) is 0 Å². The normalized spacial score (nSPS) is 10.2. The molecule has 3 heteroatoms. The average Bonchev–Trinajstić information content (AvgIpc) is 2.02. The lowest BCUT2D eigenvalue weighted by atomic mass is 10.2. The molecule has 1 N–H and O–H groups in total. The Hall–Kier alpha value is -0.410. The van der Waals surface area contributed by atoms with E-state index in [1.54, 1.807) is 6.92 Å². The molecule has 0 saturated heterocycles. The van der Waals surface area contributed by atoms with E-state index < -0.39 is 0 Å². The van der Waals surface area contributed by atoms with Crippen LogP contribution >= 0.6 is 0 Å². The third-order valence-electron chi connectivity index (χ3n) is 1.52. The summed E-state index contributed by atoms with van der Waals surface area (Å²) in [5.41, 5.74) is 0. The number of hydrogen-bond acceptors (Lipinski definition) is 3. The van der Waals surface area contributed by atoms with Crippen LogP contribution in [-0.4, -0.2) is 32.6 Å². The molecule has 0 rings (SSSR count). The molecule has 0 aromatic carbocycles. The highest BCUT2D eigenvalue weighted by molar-refractivity contribution is 5.76. The predicted octanol–water partition coefficient (Wildman–Crippen LogP) is 0.982. The molecule has 0 radical (unpaired) electrons. The summed E-state index contributed by atoms with van der Waals surface area (Å²) >= 11 is 0. The highest BCUT2D eigenvalue weighted by Gasteiger charge is 1.92. The molecule has 0 aromatic heterocycles. The van der Waals surface area contributed by atoms with E-state index >= 15 is 0 Å². The van der Waals surface area contributed by atoms with Crippen molar-refractivity contribution < 1.29 is 9.53 Å². The monoisotopic (exact) mass is 173 g/mol. The molecule has 3 nitrogen and oxygen atoms in total. The highest BCUT2D eigenvalue weighted by Crippen LogP contribution is 1.94. The molecule has 0 atom stereocenters. The summed E-state index contributed by atoms with van der Waals surface area (Å²) in [6, 6.07) is 0. The Labute approximate surface area is 74.5 Å². The minimum absolute atomic E-state index is 0.102. The first-order valence-corrected chi connectivity index (χ1v) is 4.49. The van der Waals surface area contributed by atoms with E-state index in [1.165, 1.54) is 12.8 Å². The second-order valence-electron chi connectivity index (χ2n) is 2.92.